The second-order valence-corrected chi connectivity index (χ2v) is 8.09. The summed E-state index contributed by atoms with van der Waals surface area (Å²) in [5, 5.41) is 9.70. The lowest BCUT2D eigenvalue weighted by molar-refractivity contribution is -0.402. The fraction of sp³-hybridized carbons (Fsp3) is 0.333. The minimum atomic E-state index is -0.653. The second-order valence-electron chi connectivity index (χ2n) is 1.14. The smallest absolute Gasteiger partial charge is 0.233 e. The maximum Gasteiger partial charge on any atom is 0.233 e. The van der Waals surface area contributed by atoms with Crippen LogP contribution in [0.5, 0.6) is 0 Å². The highest BCUT2D eigenvalue weighted by Crippen LogP contribution is 2.34. The number of alkyl halides is 3. The van der Waals surface area contributed by atoms with Crippen LogP contribution in [0.2, 0.25) is 0 Å². The van der Waals surface area contributed by atoms with Crippen LogP contribution >= 0.6 is 47.8 Å². The van der Waals surface area contributed by atoms with Gasteiger partial charge in [-0.3, -0.25) is 10.1 Å². The maximum atomic E-state index is 9.70. The van der Waals surface area contributed by atoms with Gasteiger partial charge in [-0.15, -0.1) is 0 Å². The van der Waals surface area contributed by atoms with Crippen LogP contribution in [-0.2, 0) is 0 Å². The van der Waals surface area contributed by atoms with E-state index < -0.39 is 7.07 Å². The first-order valence-electron chi connectivity index (χ1n) is 1.81. The molecule has 52 valence electrons. The minimum absolute atomic E-state index is 0.543. The van der Waals surface area contributed by atoms with Crippen LogP contribution in [0.25, 0.3) is 0 Å². The molecule has 0 aliphatic heterocycles. The van der Waals surface area contributed by atoms with Crippen molar-refractivity contribution in [3.8, 4) is 0 Å². The van der Waals surface area contributed by atoms with Gasteiger partial charge in [-0.05, 0) is 0 Å². The summed E-state index contributed by atoms with van der Waals surface area (Å²) in [6.07, 6.45) is 2.14. The largest absolute Gasteiger partial charge is 0.259 e. The van der Waals surface area contributed by atoms with Crippen molar-refractivity contribution in [2.45, 2.75) is 2.14 Å². The summed E-state index contributed by atoms with van der Waals surface area (Å²) in [5.41, 5.74) is 0. The van der Waals surface area contributed by atoms with Crippen molar-refractivity contribution < 1.29 is 4.92 Å². The molecule has 0 aromatic heterocycles. The Labute approximate surface area is 77.0 Å². The Morgan fingerprint density at radius 2 is 1.89 bits per heavy atom. The Bertz CT molecular complexity index is 138. The summed E-state index contributed by atoms with van der Waals surface area (Å²) in [6, 6.07) is 0. The molecule has 0 heterocycles. The quantitative estimate of drug-likeness (QED) is 0.423. The van der Waals surface area contributed by atoms with E-state index in [1.807, 2.05) is 0 Å². The molecule has 0 atom stereocenters. The van der Waals surface area contributed by atoms with Crippen LogP contribution in [0, 0.1) is 10.1 Å². The summed E-state index contributed by atoms with van der Waals surface area (Å²) < 4.78 is -0.653. The Kier molecular flexibility index (Phi) is 3.91. The molecule has 0 unspecified atom stereocenters. The molecular formula is C3H2Br3NO2. The van der Waals surface area contributed by atoms with E-state index in [9.17, 15) is 10.1 Å². The van der Waals surface area contributed by atoms with Crippen LogP contribution in [0.4, 0.5) is 0 Å². The lowest BCUT2D eigenvalue weighted by Crippen LogP contribution is -1.94. The van der Waals surface area contributed by atoms with Gasteiger partial charge in [0.05, 0.1) is 4.92 Å². The van der Waals surface area contributed by atoms with E-state index in [0.29, 0.717) is 0 Å². The molecule has 0 saturated carbocycles. The topological polar surface area (TPSA) is 43.1 Å². The molecule has 3 nitrogen and oxygen atoms in total. The number of hydrogen-bond acceptors (Lipinski definition) is 2. The molecule has 6 heteroatoms. The molecular weight excluding hydrogens is 322 g/mol. The van der Waals surface area contributed by atoms with Crippen molar-refractivity contribution in [1.29, 1.82) is 0 Å². The van der Waals surface area contributed by atoms with Gasteiger partial charge < -0.3 is 0 Å². The standard InChI is InChI=1S/C3H2Br3NO2/c4-3(5,6)1-2-7(8)9/h1-2H. The van der Waals surface area contributed by atoms with Crippen LogP contribution in [0.3, 0.4) is 0 Å². The molecule has 9 heavy (non-hydrogen) atoms. The highest BCUT2D eigenvalue weighted by molar-refractivity contribution is 9.39. The normalized spacial score (nSPS) is 12.3. The molecule has 0 aliphatic carbocycles. The van der Waals surface area contributed by atoms with Crippen LogP contribution in [0.15, 0.2) is 12.3 Å². The van der Waals surface area contributed by atoms with Crippen LogP contribution in [-0.4, -0.2) is 7.07 Å². The summed E-state index contributed by atoms with van der Waals surface area (Å²) >= 11 is 9.15. The van der Waals surface area contributed by atoms with Crippen molar-refractivity contribution in [2.75, 3.05) is 0 Å². The lowest BCUT2D eigenvalue weighted by atomic mass is 10.7. The van der Waals surface area contributed by atoms with Gasteiger partial charge in [0.1, 0.15) is 0 Å². The van der Waals surface area contributed by atoms with E-state index in [1.54, 1.807) is 0 Å². The molecule has 0 spiro atoms. The first-order valence-corrected chi connectivity index (χ1v) is 4.19. The molecule has 0 bridgehead atoms. The molecule has 0 rings (SSSR count). The number of allylic oxidation sites excluding steroid dienone is 1. The van der Waals surface area contributed by atoms with Gasteiger partial charge in [-0.1, -0.05) is 47.8 Å². The van der Waals surface area contributed by atoms with Gasteiger partial charge in [0.2, 0.25) is 6.20 Å². The van der Waals surface area contributed by atoms with Crippen LogP contribution < -0.4 is 0 Å². The lowest BCUT2D eigenvalue weighted by Gasteiger charge is -1.99. The summed E-state index contributed by atoms with van der Waals surface area (Å²) in [7, 11) is 0. The Hall–Kier alpha value is 0.580. The van der Waals surface area contributed by atoms with Gasteiger partial charge in [-0.25, -0.2) is 0 Å². The Morgan fingerprint density at radius 1 is 1.44 bits per heavy atom. The molecule has 0 saturated heterocycles. The van der Waals surface area contributed by atoms with Crippen molar-refractivity contribution in [3.63, 3.8) is 0 Å². The Morgan fingerprint density at radius 3 is 2.00 bits per heavy atom. The third-order valence-electron chi connectivity index (χ3n) is 0.385. The second kappa shape index (κ2) is 3.68. The van der Waals surface area contributed by atoms with Crippen molar-refractivity contribution in [1.82, 2.24) is 0 Å². The highest BCUT2D eigenvalue weighted by atomic mass is 80.0. The molecule has 0 aliphatic rings. The molecule has 0 radical (unpaired) electrons. The first kappa shape index (κ1) is 9.58. The summed E-state index contributed by atoms with van der Waals surface area (Å²) in [5.74, 6) is 0. The van der Waals surface area contributed by atoms with Crippen molar-refractivity contribution >= 4 is 47.8 Å². The number of halogens is 3. The van der Waals surface area contributed by atoms with Gasteiger partial charge in [0.15, 0.2) is 2.14 Å². The fourth-order valence-electron chi connectivity index (χ4n) is 0.145. The third-order valence-corrected chi connectivity index (χ3v) is 1.18. The zero-order valence-electron chi connectivity index (χ0n) is 4.05. The van der Waals surface area contributed by atoms with Gasteiger partial charge >= 0.3 is 0 Å². The van der Waals surface area contributed by atoms with E-state index in [2.05, 4.69) is 47.8 Å². The Balaban J connectivity index is 3.86. The SMILES string of the molecule is O=[N+]([O-])C=CC(Br)(Br)Br. The number of nitro groups is 1. The van der Waals surface area contributed by atoms with Gasteiger partial charge in [-0.2, -0.15) is 0 Å². The fourth-order valence-corrected chi connectivity index (χ4v) is 0.500. The zero-order valence-corrected chi connectivity index (χ0v) is 8.81. The van der Waals surface area contributed by atoms with Crippen molar-refractivity contribution in [2.24, 2.45) is 0 Å². The average molecular weight is 324 g/mol. The molecule has 0 aromatic rings. The molecule has 0 aromatic carbocycles. The highest BCUT2D eigenvalue weighted by Gasteiger charge is 2.13. The third kappa shape index (κ3) is 8.58. The van der Waals surface area contributed by atoms with Crippen molar-refractivity contribution in [3.05, 3.63) is 22.4 Å². The van der Waals surface area contributed by atoms with Gasteiger partial charge in [0.25, 0.3) is 0 Å². The maximum absolute atomic E-state index is 9.70. The average Bonchev–Trinajstić information content (AvgIpc) is 1.59. The van der Waals surface area contributed by atoms with E-state index in [4.69, 9.17) is 0 Å². The number of rotatable bonds is 1. The predicted molar refractivity (Wildman–Crippen MR) is 45.6 cm³/mol. The van der Waals surface area contributed by atoms with Crippen LogP contribution in [0.1, 0.15) is 0 Å². The molecule has 0 N–H and O–H groups in total. The van der Waals surface area contributed by atoms with E-state index >= 15 is 0 Å². The summed E-state index contributed by atoms with van der Waals surface area (Å²) in [6.45, 7) is 0. The molecule has 0 amide bonds. The monoisotopic (exact) mass is 321 g/mol. The number of hydrogen-bond donors (Lipinski definition) is 0. The number of nitrogens with zero attached hydrogens (tertiary/aromatic N) is 1. The minimum Gasteiger partial charge on any atom is -0.259 e. The molecule has 0 fully saturated rings. The van der Waals surface area contributed by atoms with Gasteiger partial charge in [0, 0.05) is 6.08 Å². The van der Waals surface area contributed by atoms with E-state index in [0.717, 1.165) is 6.20 Å². The summed E-state index contributed by atoms with van der Waals surface area (Å²) in [4.78, 5) is 9.16. The first-order chi connectivity index (χ1) is 3.92. The predicted octanol–water partition coefficient (Wildman–Crippen LogP) is 2.62. The van der Waals surface area contributed by atoms with E-state index in [-0.39, 0.29) is 0 Å². The zero-order chi connectivity index (χ0) is 7.49. The van der Waals surface area contributed by atoms with E-state index in [1.165, 1.54) is 6.08 Å².